The van der Waals surface area contributed by atoms with Crippen LogP contribution < -0.4 is 15.2 Å². The summed E-state index contributed by atoms with van der Waals surface area (Å²) in [5, 5.41) is 0.975. The standard InChI is InChI=1S/C21H23N3O4S/c1-26-13-8-7-12(15(10-13)27-2)9-18(25)28-11-17-23-20(22)19-14-5-3-4-6-16(14)29-21(19)24-17/h7-8,10H,3-6,9,11H2,1-2H3,(H2,22,23,24). The van der Waals surface area contributed by atoms with Crippen molar-refractivity contribution >= 4 is 33.3 Å². The number of fused-ring (bicyclic) bond motifs is 3. The molecule has 0 amide bonds. The molecule has 2 aromatic heterocycles. The van der Waals surface area contributed by atoms with E-state index in [9.17, 15) is 4.79 Å². The van der Waals surface area contributed by atoms with E-state index in [0.29, 0.717) is 23.1 Å². The normalized spacial score (nSPS) is 13.2. The number of nitrogens with zero attached hydrogens (tertiary/aromatic N) is 2. The van der Waals surface area contributed by atoms with Crippen LogP contribution in [0, 0.1) is 0 Å². The third kappa shape index (κ3) is 3.98. The van der Waals surface area contributed by atoms with E-state index in [1.165, 1.54) is 23.3 Å². The second kappa shape index (κ2) is 8.24. The summed E-state index contributed by atoms with van der Waals surface area (Å²) in [4.78, 5) is 23.5. The first-order valence-electron chi connectivity index (χ1n) is 9.52. The van der Waals surface area contributed by atoms with Gasteiger partial charge in [0.25, 0.3) is 0 Å². The lowest BCUT2D eigenvalue weighted by Crippen LogP contribution is -2.11. The zero-order valence-electron chi connectivity index (χ0n) is 16.5. The Labute approximate surface area is 172 Å². The molecule has 2 N–H and O–H groups in total. The molecule has 4 rings (SSSR count). The van der Waals surface area contributed by atoms with Crippen LogP contribution in [0.3, 0.4) is 0 Å². The van der Waals surface area contributed by atoms with E-state index in [0.717, 1.165) is 28.6 Å². The molecular formula is C21H23N3O4S. The molecule has 0 fully saturated rings. The van der Waals surface area contributed by atoms with Crippen LogP contribution in [0.5, 0.6) is 11.5 Å². The Kier molecular flexibility index (Phi) is 5.53. The van der Waals surface area contributed by atoms with E-state index in [1.54, 1.807) is 43.8 Å². The van der Waals surface area contributed by atoms with Gasteiger partial charge in [0.1, 0.15) is 22.1 Å². The largest absolute Gasteiger partial charge is 0.497 e. The second-order valence-electron chi connectivity index (χ2n) is 6.93. The molecule has 0 unspecified atom stereocenters. The molecule has 3 aromatic rings. The van der Waals surface area contributed by atoms with Gasteiger partial charge in [-0.05, 0) is 37.3 Å². The molecule has 0 saturated carbocycles. The number of hydrogen-bond acceptors (Lipinski definition) is 8. The molecule has 0 bridgehead atoms. The van der Waals surface area contributed by atoms with E-state index in [-0.39, 0.29) is 19.0 Å². The highest BCUT2D eigenvalue weighted by Crippen LogP contribution is 2.37. The van der Waals surface area contributed by atoms with Gasteiger partial charge in [0.05, 0.1) is 26.0 Å². The van der Waals surface area contributed by atoms with Crippen molar-refractivity contribution in [3.8, 4) is 11.5 Å². The van der Waals surface area contributed by atoms with E-state index in [1.807, 2.05) is 0 Å². The first kappa shape index (κ1) is 19.4. The number of benzene rings is 1. The van der Waals surface area contributed by atoms with Crippen LogP contribution in [-0.4, -0.2) is 30.2 Å². The number of thiophene rings is 1. The number of ether oxygens (including phenoxy) is 3. The Morgan fingerprint density at radius 1 is 1.17 bits per heavy atom. The highest BCUT2D eigenvalue weighted by Gasteiger charge is 2.20. The molecule has 1 aliphatic carbocycles. The lowest BCUT2D eigenvalue weighted by Gasteiger charge is -2.11. The third-order valence-corrected chi connectivity index (χ3v) is 6.27. The van der Waals surface area contributed by atoms with Crippen molar-refractivity contribution in [2.45, 2.75) is 38.7 Å². The summed E-state index contributed by atoms with van der Waals surface area (Å²) in [6.07, 6.45) is 4.56. The number of anilines is 1. The summed E-state index contributed by atoms with van der Waals surface area (Å²) in [6.45, 7) is -0.0139. The number of methoxy groups -OCH3 is 2. The number of aryl methyl sites for hydroxylation is 2. The Morgan fingerprint density at radius 3 is 2.79 bits per heavy atom. The molecule has 0 spiro atoms. The predicted octanol–water partition coefficient (Wildman–Crippen LogP) is 3.46. The fourth-order valence-corrected chi connectivity index (χ4v) is 4.93. The summed E-state index contributed by atoms with van der Waals surface area (Å²) < 4.78 is 15.9. The van der Waals surface area contributed by atoms with E-state index in [2.05, 4.69) is 9.97 Å². The van der Waals surface area contributed by atoms with Crippen molar-refractivity contribution in [2.24, 2.45) is 0 Å². The average Bonchev–Trinajstić information content (AvgIpc) is 3.11. The first-order valence-corrected chi connectivity index (χ1v) is 10.3. The lowest BCUT2D eigenvalue weighted by atomic mass is 9.97. The Balaban J connectivity index is 1.46. The molecule has 0 saturated heterocycles. The monoisotopic (exact) mass is 413 g/mol. The van der Waals surface area contributed by atoms with Crippen LogP contribution in [0.2, 0.25) is 0 Å². The van der Waals surface area contributed by atoms with Gasteiger partial charge >= 0.3 is 5.97 Å². The number of esters is 1. The fraction of sp³-hybridized carbons (Fsp3) is 0.381. The van der Waals surface area contributed by atoms with Crippen LogP contribution in [0.15, 0.2) is 18.2 Å². The fourth-order valence-electron chi connectivity index (χ4n) is 3.65. The first-order chi connectivity index (χ1) is 14.1. The van der Waals surface area contributed by atoms with Crippen molar-refractivity contribution in [3.63, 3.8) is 0 Å². The minimum atomic E-state index is -0.388. The van der Waals surface area contributed by atoms with E-state index in [4.69, 9.17) is 19.9 Å². The van der Waals surface area contributed by atoms with Gasteiger partial charge in [-0.15, -0.1) is 11.3 Å². The maximum atomic E-state index is 12.3. The summed E-state index contributed by atoms with van der Waals surface area (Å²) >= 11 is 1.67. The van der Waals surface area contributed by atoms with Crippen molar-refractivity contribution in [3.05, 3.63) is 40.0 Å². The van der Waals surface area contributed by atoms with Gasteiger partial charge in [0.15, 0.2) is 12.4 Å². The topological polar surface area (TPSA) is 96.6 Å². The highest BCUT2D eigenvalue weighted by atomic mass is 32.1. The molecular weight excluding hydrogens is 390 g/mol. The molecule has 8 heteroatoms. The number of nitrogen functional groups attached to an aromatic ring is 1. The Hall–Kier alpha value is -2.87. The van der Waals surface area contributed by atoms with Gasteiger partial charge < -0.3 is 19.9 Å². The van der Waals surface area contributed by atoms with Gasteiger partial charge in [-0.2, -0.15) is 0 Å². The van der Waals surface area contributed by atoms with Crippen LogP contribution in [0.25, 0.3) is 10.2 Å². The lowest BCUT2D eigenvalue weighted by molar-refractivity contribution is -0.144. The van der Waals surface area contributed by atoms with Gasteiger partial charge in [0.2, 0.25) is 0 Å². The number of hydrogen-bond donors (Lipinski definition) is 1. The molecule has 0 radical (unpaired) electrons. The summed E-state index contributed by atoms with van der Waals surface area (Å²) in [5.74, 6) is 1.74. The minimum absolute atomic E-state index is 0.0139. The molecule has 29 heavy (non-hydrogen) atoms. The van der Waals surface area contributed by atoms with Gasteiger partial charge in [0, 0.05) is 16.5 Å². The number of carbonyl (C=O) groups is 1. The average molecular weight is 413 g/mol. The number of nitrogens with two attached hydrogens (primary N) is 1. The van der Waals surface area contributed by atoms with Crippen LogP contribution >= 0.6 is 11.3 Å². The van der Waals surface area contributed by atoms with Crippen molar-refractivity contribution < 1.29 is 19.0 Å². The van der Waals surface area contributed by atoms with Crippen molar-refractivity contribution in [2.75, 3.05) is 20.0 Å². The number of aromatic nitrogens is 2. The van der Waals surface area contributed by atoms with E-state index >= 15 is 0 Å². The maximum Gasteiger partial charge on any atom is 0.310 e. The highest BCUT2D eigenvalue weighted by molar-refractivity contribution is 7.19. The molecule has 1 aromatic carbocycles. The van der Waals surface area contributed by atoms with Gasteiger partial charge in [-0.3, -0.25) is 4.79 Å². The maximum absolute atomic E-state index is 12.3. The van der Waals surface area contributed by atoms with Crippen LogP contribution in [-0.2, 0) is 35.4 Å². The molecule has 7 nitrogen and oxygen atoms in total. The summed E-state index contributed by atoms with van der Waals surface area (Å²) in [7, 11) is 3.13. The molecule has 1 aliphatic rings. The van der Waals surface area contributed by atoms with Crippen LogP contribution in [0.1, 0.15) is 34.7 Å². The minimum Gasteiger partial charge on any atom is -0.497 e. The molecule has 0 aliphatic heterocycles. The zero-order chi connectivity index (χ0) is 20.4. The molecule has 0 atom stereocenters. The smallest absolute Gasteiger partial charge is 0.310 e. The van der Waals surface area contributed by atoms with Crippen molar-refractivity contribution in [1.29, 1.82) is 0 Å². The number of rotatable bonds is 6. The van der Waals surface area contributed by atoms with Gasteiger partial charge in [-0.1, -0.05) is 6.07 Å². The SMILES string of the molecule is COc1ccc(CC(=O)OCc2nc(N)c3c4c(sc3n2)CCCC4)c(OC)c1. The van der Waals surface area contributed by atoms with Crippen molar-refractivity contribution in [1.82, 2.24) is 9.97 Å². The molecule has 152 valence electrons. The number of carbonyl (C=O) groups excluding carboxylic acids is 1. The predicted molar refractivity (Wildman–Crippen MR) is 112 cm³/mol. The van der Waals surface area contributed by atoms with Gasteiger partial charge in [-0.25, -0.2) is 9.97 Å². The summed E-state index contributed by atoms with van der Waals surface area (Å²) in [6, 6.07) is 5.30. The second-order valence-corrected chi connectivity index (χ2v) is 8.01. The van der Waals surface area contributed by atoms with E-state index < -0.39 is 0 Å². The zero-order valence-corrected chi connectivity index (χ0v) is 17.3. The quantitative estimate of drug-likeness (QED) is 0.618. The Bertz CT molecular complexity index is 1060. The van der Waals surface area contributed by atoms with Crippen LogP contribution in [0.4, 0.5) is 5.82 Å². The third-order valence-electron chi connectivity index (χ3n) is 5.08. The Morgan fingerprint density at radius 2 is 2.00 bits per heavy atom. The summed E-state index contributed by atoms with van der Waals surface area (Å²) in [5.41, 5.74) is 8.22. The molecule has 2 heterocycles.